The third-order valence-corrected chi connectivity index (χ3v) is 6.53. The number of aromatic nitrogens is 2. The largest absolute Gasteiger partial charge is 0.288 e. The van der Waals surface area contributed by atoms with E-state index in [9.17, 15) is 9.59 Å². The predicted octanol–water partition coefficient (Wildman–Crippen LogP) is 6.65. The fourth-order valence-electron chi connectivity index (χ4n) is 3.61. The van der Waals surface area contributed by atoms with Gasteiger partial charge in [-0.15, -0.1) is 0 Å². The molecule has 156 valence electrons. The highest BCUT2D eigenvalue weighted by Gasteiger charge is 2.22. The van der Waals surface area contributed by atoms with Crippen LogP contribution in [0.3, 0.4) is 0 Å². The first-order valence-electron chi connectivity index (χ1n) is 9.68. The minimum absolute atomic E-state index is 0.272. The molecule has 0 N–H and O–H groups in total. The van der Waals surface area contributed by atoms with E-state index in [4.69, 9.17) is 28.2 Å². The van der Waals surface area contributed by atoms with Crippen LogP contribution in [0.15, 0.2) is 88.4 Å². The maximum atomic E-state index is 13.7. The molecule has 0 fully saturated rings. The Hall–Kier alpha value is -3.25. The summed E-state index contributed by atoms with van der Waals surface area (Å²) in [6.45, 7) is 0. The molecular weight excluding hydrogens is 463 g/mol. The highest BCUT2D eigenvalue weighted by molar-refractivity contribution is 7.08. The van der Waals surface area contributed by atoms with E-state index in [0.29, 0.717) is 38.0 Å². The average molecular weight is 477 g/mol. The quantitative estimate of drug-likeness (QED) is 0.272. The number of carbonyl (C=O) groups is 1. The van der Waals surface area contributed by atoms with E-state index < -0.39 is 0 Å². The van der Waals surface area contributed by atoms with E-state index in [1.54, 1.807) is 47.2 Å². The molecule has 0 radical (unpaired) electrons. The number of carbonyl (C=O) groups excluding carboxylic acids is 1. The maximum Gasteiger partial charge on any atom is 0.266 e. The second-order valence-corrected chi connectivity index (χ2v) is 8.67. The molecule has 0 atom stereocenters. The highest BCUT2D eigenvalue weighted by Crippen LogP contribution is 2.30. The van der Waals surface area contributed by atoms with Crippen molar-refractivity contribution in [2.24, 2.45) is 0 Å². The van der Waals surface area contributed by atoms with Crippen molar-refractivity contribution in [2.45, 2.75) is 0 Å². The van der Waals surface area contributed by atoms with E-state index in [-0.39, 0.29) is 16.9 Å². The Kier molecular flexibility index (Phi) is 5.39. The summed E-state index contributed by atoms with van der Waals surface area (Å²) in [5.41, 5.74) is 2.08. The monoisotopic (exact) mass is 476 g/mol. The molecule has 4 nitrogen and oxygen atoms in total. The molecule has 0 unspecified atom stereocenters. The summed E-state index contributed by atoms with van der Waals surface area (Å²) in [5, 5.41) is 4.58. The van der Waals surface area contributed by atoms with Crippen LogP contribution in [0.5, 0.6) is 0 Å². The number of hydrogen-bond donors (Lipinski definition) is 0. The van der Waals surface area contributed by atoms with Crippen LogP contribution >= 0.6 is 34.5 Å². The number of fused-ring (bicyclic) bond motifs is 1. The van der Waals surface area contributed by atoms with E-state index in [0.717, 1.165) is 5.56 Å². The number of halogens is 2. The van der Waals surface area contributed by atoms with Crippen LogP contribution in [0.25, 0.3) is 28.0 Å². The molecule has 7 heteroatoms. The number of hydrogen-bond acceptors (Lipinski definition) is 4. The van der Waals surface area contributed by atoms with E-state index in [1.165, 1.54) is 15.9 Å². The molecular formula is C25H14Cl2N2O2S. The molecule has 32 heavy (non-hydrogen) atoms. The summed E-state index contributed by atoms with van der Waals surface area (Å²) >= 11 is 13.8. The average Bonchev–Trinajstić information content (AvgIpc) is 3.25. The summed E-state index contributed by atoms with van der Waals surface area (Å²) in [7, 11) is 0. The Morgan fingerprint density at radius 3 is 2.38 bits per heavy atom. The van der Waals surface area contributed by atoms with E-state index in [2.05, 4.69) is 0 Å². The second kappa shape index (κ2) is 8.36. The van der Waals surface area contributed by atoms with Gasteiger partial charge in [-0.3, -0.25) is 14.2 Å². The smallest absolute Gasteiger partial charge is 0.266 e. The van der Waals surface area contributed by atoms with E-state index >= 15 is 0 Å². The van der Waals surface area contributed by atoms with Gasteiger partial charge in [-0.05, 0) is 30.3 Å². The Labute approximate surface area is 197 Å². The van der Waals surface area contributed by atoms with Gasteiger partial charge in [0.05, 0.1) is 27.2 Å². The molecule has 0 aliphatic carbocycles. The molecule has 0 spiro atoms. The Balaban J connectivity index is 1.87. The molecule has 0 saturated heterocycles. The molecule has 0 amide bonds. The first kappa shape index (κ1) is 20.6. The highest BCUT2D eigenvalue weighted by atomic mass is 35.5. The molecule has 0 bridgehead atoms. The summed E-state index contributed by atoms with van der Waals surface area (Å²) in [5.74, 6) is 0.120. The summed E-state index contributed by atoms with van der Waals surface area (Å²) in [6, 6.07) is 21.4. The first-order valence-corrected chi connectivity index (χ1v) is 11.4. The zero-order chi connectivity index (χ0) is 22.2. The van der Waals surface area contributed by atoms with Crippen LogP contribution in [0.1, 0.15) is 15.9 Å². The minimum Gasteiger partial charge on any atom is -0.288 e. The van der Waals surface area contributed by atoms with Crippen molar-refractivity contribution in [3.63, 3.8) is 0 Å². The summed E-state index contributed by atoms with van der Waals surface area (Å²) in [4.78, 5) is 31.9. The number of benzene rings is 3. The fraction of sp³-hybridized carbons (Fsp3) is 0. The molecule has 2 heterocycles. The standard InChI is InChI=1S/C25H14Cl2N2O2S/c26-16-10-11-22(18(12-16)23(30)19-13-32-14-20(19)27)29-24(15-6-2-1-3-7-15)28-21-9-5-4-8-17(21)25(29)31/h1-14H. The van der Waals surface area contributed by atoms with Crippen molar-refractivity contribution in [3.8, 4) is 17.1 Å². The van der Waals surface area contributed by atoms with Gasteiger partial charge in [0.15, 0.2) is 5.78 Å². The number of para-hydroxylation sites is 1. The summed E-state index contributed by atoms with van der Waals surface area (Å²) < 4.78 is 1.47. The molecule has 3 aromatic carbocycles. The lowest BCUT2D eigenvalue weighted by Gasteiger charge is -2.17. The zero-order valence-electron chi connectivity index (χ0n) is 16.5. The van der Waals surface area contributed by atoms with Crippen molar-refractivity contribution in [3.05, 3.63) is 115 Å². The molecule has 5 aromatic rings. The van der Waals surface area contributed by atoms with Crippen molar-refractivity contribution in [1.82, 2.24) is 9.55 Å². The van der Waals surface area contributed by atoms with Crippen LogP contribution in [-0.2, 0) is 0 Å². The van der Waals surface area contributed by atoms with Crippen LogP contribution in [0, 0.1) is 0 Å². The summed E-state index contributed by atoms with van der Waals surface area (Å²) in [6.07, 6.45) is 0. The SMILES string of the molecule is O=C(c1cscc1Cl)c1cc(Cl)ccc1-n1c(-c2ccccc2)nc2ccccc2c1=O. The lowest BCUT2D eigenvalue weighted by Crippen LogP contribution is -2.24. The van der Waals surface area contributed by atoms with Crippen molar-refractivity contribution in [1.29, 1.82) is 0 Å². The number of rotatable bonds is 4. The lowest BCUT2D eigenvalue weighted by molar-refractivity contribution is 0.103. The van der Waals surface area contributed by atoms with Crippen LogP contribution in [-0.4, -0.2) is 15.3 Å². The van der Waals surface area contributed by atoms with Crippen LogP contribution < -0.4 is 5.56 Å². The zero-order valence-corrected chi connectivity index (χ0v) is 18.8. The molecule has 0 saturated carbocycles. The van der Waals surface area contributed by atoms with Gasteiger partial charge in [0.25, 0.3) is 5.56 Å². The number of ketones is 1. The van der Waals surface area contributed by atoms with Gasteiger partial charge in [0.1, 0.15) is 5.82 Å². The van der Waals surface area contributed by atoms with Gasteiger partial charge in [-0.25, -0.2) is 4.98 Å². The molecule has 5 rings (SSSR count). The topological polar surface area (TPSA) is 52.0 Å². The van der Waals surface area contributed by atoms with Crippen molar-refractivity contribution >= 4 is 51.2 Å². The normalized spacial score (nSPS) is 11.1. The van der Waals surface area contributed by atoms with Crippen molar-refractivity contribution in [2.75, 3.05) is 0 Å². The molecule has 0 aliphatic heterocycles. The molecule has 2 aromatic heterocycles. The first-order chi connectivity index (χ1) is 15.5. The third-order valence-electron chi connectivity index (χ3n) is 5.11. The Morgan fingerprint density at radius 2 is 1.62 bits per heavy atom. The van der Waals surface area contributed by atoms with Crippen LogP contribution in [0.2, 0.25) is 10.0 Å². The third kappa shape index (κ3) is 3.54. The van der Waals surface area contributed by atoms with Crippen molar-refractivity contribution < 1.29 is 4.79 Å². The maximum absolute atomic E-state index is 13.7. The van der Waals surface area contributed by atoms with Gasteiger partial charge in [-0.1, -0.05) is 65.7 Å². The van der Waals surface area contributed by atoms with Gasteiger partial charge >= 0.3 is 0 Å². The second-order valence-electron chi connectivity index (χ2n) is 7.08. The number of nitrogens with zero attached hydrogens (tertiary/aromatic N) is 2. The Bertz CT molecular complexity index is 1540. The van der Waals surface area contributed by atoms with Gasteiger partial charge < -0.3 is 0 Å². The minimum atomic E-state index is -0.312. The predicted molar refractivity (Wildman–Crippen MR) is 131 cm³/mol. The Morgan fingerprint density at radius 1 is 0.875 bits per heavy atom. The number of thiophene rings is 1. The fourth-order valence-corrected chi connectivity index (χ4v) is 4.83. The van der Waals surface area contributed by atoms with Crippen LogP contribution in [0.4, 0.5) is 0 Å². The van der Waals surface area contributed by atoms with E-state index in [1.807, 2.05) is 36.4 Å². The van der Waals surface area contributed by atoms with Gasteiger partial charge in [0, 0.05) is 26.9 Å². The van der Waals surface area contributed by atoms with Gasteiger partial charge in [0.2, 0.25) is 0 Å². The molecule has 0 aliphatic rings. The lowest BCUT2D eigenvalue weighted by atomic mass is 10.0. The van der Waals surface area contributed by atoms with Gasteiger partial charge in [-0.2, -0.15) is 11.3 Å².